The Morgan fingerprint density at radius 3 is 2.73 bits per heavy atom. The standard InChI is InChI=1S/C19H28O2S/c1-11-6-7-15(22-11)12(2)20-16-10-13-14-8-9-19(5,17(13)21-16)18(14,3)4/h6-7,12-14,16-17H,8-10H2,1-5H3/t12-,13-,14+,16-,17-,19-/m0/s1. The van der Waals surface area contributed by atoms with Crippen molar-refractivity contribution in [2.24, 2.45) is 22.7 Å². The normalized spacial score (nSPS) is 43.5. The second kappa shape index (κ2) is 4.81. The maximum atomic E-state index is 6.44. The molecule has 0 radical (unpaired) electrons. The van der Waals surface area contributed by atoms with Crippen LogP contribution in [0.2, 0.25) is 0 Å². The first-order chi connectivity index (χ1) is 10.3. The minimum atomic E-state index is -0.0107. The van der Waals surface area contributed by atoms with Crippen molar-refractivity contribution in [3.63, 3.8) is 0 Å². The molecule has 0 unspecified atom stereocenters. The fraction of sp³-hybridized carbons (Fsp3) is 0.789. The van der Waals surface area contributed by atoms with Crippen molar-refractivity contribution in [3.8, 4) is 0 Å². The average Bonchev–Trinajstić information content (AvgIpc) is 3.12. The number of rotatable bonds is 3. The average molecular weight is 320 g/mol. The van der Waals surface area contributed by atoms with Crippen molar-refractivity contribution in [3.05, 3.63) is 21.9 Å². The van der Waals surface area contributed by atoms with Gasteiger partial charge in [-0.15, -0.1) is 11.3 Å². The van der Waals surface area contributed by atoms with Crippen molar-refractivity contribution in [1.29, 1.82) is 0 Å². The maximum Gasteiger partial charge on any atom is 0.159 e. The first kappa shape index (κ1) is 15.2. The van der Waals surface area contributed by atoms with Crippen molar-refractivity contribution >= 4 is 11.3 Å². The molecule has 3 heteroatoms. The molecule has 0 amide bonds. The summed E-state index contributed by atoms with van der Waals surface area (Å²) in [6, 6.07) is 4.36. The number of aryl methyl sites for hydroxylation is 1. The minimum absolute atomic E-state index is 0.0107. The van der Waals surface area contributed by atoms with E-state index in [2.05, 4.69) is 46.8 Å². The van der Waals surface area contributed by atoms with Gasteiger partial charge in [0, 0.05) is 16.2 Å². The van der Waals surface area contributed by atoms with Crippen LogP contribution in [0.5, 0.6) is 0 Å². The molecule has 0 aromatic carbocycles. The molecule has 1 saturated heterocycles. The zero-order valence-corrected chi connectivity index (χ0v) is 15.2. The minimum Gasteiger partial charge on any atom is -0.349 e. The topological polar surface area (TPSA) is 18.5 Å². The van der Waals surface area contributed by atoms with E-state index in [0.717, 1.165) is 12.3 Å². The first-order valence-corrected chi connectivity index (χ1v) is 9.52. The van der Waals surface area contributed by atoms with Gasteiger partial charge < -0.3 is 9.47 Å². The molecule has 2 bridgehead atoms. The van der Waals surface area contributed by atoms with Gasteiger partial charge in [-0.2, -0.15) is 0 Å². The zero-order chi connectivity index (χ0) is 15.7. The Kier molecular flexibility index (Phi) is 3.32. The second-order valence-electron chi connectivity index (χ2n) is 8.40. The fourth-order valence-corrected chi connectivity index (χ4v) is 6.40. The summed E-state index contributed by atoms with van der Waals surface area (Å²) in [4.78, 5) is 2.66. The van der Waals surface area contributed by atoms with Crippen LogP contribution in [0.1, 0.15) is 62.8 Å². The van der Waals surface area contributed by atoms with Gasteiger partial charge in [-0.25, -0.2) is 0 Å². The summed E-state index contributed by atoms with van der Waals surface area (Å²) in [7, 11) is 0. The van der Waals surface area contributed by atoms with Crippen LogP contribution in [0.4, 0.5) is 0 Å². The molecule has 6 atom stereocenters. The van der Waals surface area contributed by atoms with Gasteiger partial charge in [-0.1, -0.05) is 20.8 Å². The number of ether oxygens (including phenoxy) is 2. The Morgan fingerprint density at radius 1 is 1.32 bits per heavy atom. The SMILES string of the molecule is Cc1ccc([C@H](C)O[C@@H]2C[C@H]3[C@H]4CC[C@@](C)([C@H]3O2)C4(C)C)s1. The van der Waals surface area contributed by atoms with Crippen LogP contribution in [0.25, 0.3) is 0 Å². The third-order valence-electron chi connectivity index (χ3n) is 7.19. The zero-order valence-electron chi connectivity index (χ0n) is 14.4. The van der Waals surface area contributed by atoms with E-state index in [1.165, 1.54) is 22.6 Å². The second-order valence-corrected chi connectivity index (χ2v) is 9.72. The lowest BCUT2D eigenvalue weighted by atomic mass is 9.70. The van der Waals surface area contributed by atoms with Gasteiger partial charge in [0.05, 0.1) is 12.2 Å². The highest BCUT2D eigenvalue weighted by Crippen LogP contribution is 2.71. The molecule has 3 fully saturated rings. The van der Waals surface area contributed by atoms with Gasteiger partial charge in [-0.05, 0) is 61.5 Å². The molecule has 3 aliphatic rings. The highest BCUT2D eigenvalue weighted by Gasteiger charge is 2.69. The van der Waals surface area contributed by atoms with E-state index in [-0.39, 0.29) is 12.4 Å². The van der Waals surface area contributed by atoms with Gasteiger partial charge in [0.2, 0.25) is 0 Å². The van der Waals surface area contributed by atoms with Crippen LogP contribution in [0, 0.1) is 29.6 Å². The molecule has 2 nitrogen and oxygen atoms in total. The van der Waals surface area contributed by atoms with Crippen molar-refractivity contribution in [2.75, 3.05) is 0 Å². The highest BCUT2D eigenvalue weighted by atomic mass is 32.1. The van der Waals surface area contributed by atoms with Crippen LogP contribution in [0.15, 0.2) is 12.1 Å². The van der Waals surface area contributed by atoms with E-state index in [9.17, 15) is 0 Å². The Morgan fingerprint density at radius 2 is 2.09 bits per heavy atom. The number of hydrogen-bond donors (Lipinski definition) is 0. The van der Waals surface area contributed by atoms with E-state index in [0.29, 0.717) is 22.9 Å². The molecule has 2 aliphatic carbocycles. The number of fused-ring (bicyclic) bond motifs is 5. The summed E-state index contributed by atoms with van der Waals surface area (Å²) in [6.45, 7) is 11.7. The van der Waals surface area contributed by atoms with E-state index < -0.39 is 0 Å². The van der Waals surface area contributed by atoms with Gasteiger partial charge in [0.1, 0.15) is 0 Å². The molecule has 1 aromatic rings. The largest absolute Gasteiger partial charge is 0.349 e. The van der Waals surface area contributed by atoms with Gasteiger partial charge in [0.25, 0.3) is 0 Å². The lowest BCUT2D eigenvalue weighted by molar-refractivity contribution is -0.183. The highest BCUT2D eigenvalue weighted by molar-refractivity contribution is 7.12. The molecular formula is C19H28O2S. The summed E-state index contributed by atoms with van der Waals surface area (Å²) in [5, 5.41) is 0. The van der Waals surface area contributed by atoms with Gasteiger partial charge >= 0.3 is 0 Å². The molecule has 22 heavy (non-hydrogen) atoms. The smallest absolute Gasteiger partial charge is 0.159 e. The van der Waals surface area contributed by atoms with E-state index in [1.54, 1.807) is 0 Å². The summed E-state index contributed by atoms with van der Waals surface area (Å²) < 4.78 is 12.7. The van der Waals surface area contributed by atoms with E-state index in [4.69, 9.17) is 9.47 Å². The third kappa shape index (κ3) is 1.91. The summed E-state index contributed by atoms with van der Waals surface area (Å²) in [6.07, 6.45) is 4.31. The summed E-state index contributed by atoms with van der Waals surface area (Å²) in [5.74, 6) is 1.52. The Balaban J connectivity index is 1.47. The van der Waals surface area contributed by atoms with Crippen LogP contribution in [-0.4, -0.2) is 12.4 Å². The van der Waals surface area contributed by atoms with Crippen molar-refractivity contribution in [1.82, 2.24) is 0 Å². The third-order valence-corrected chi connectivity index (χ3v) is 8.35. The molecular weight excluding hydrogens is 292 g/mol. The molecule has 4 rings (SSSR count). The number of hydrogen-bond acceptors (Lipinski definition) is 3. The summed E-state index contributed by atoms with van der Waals surface area (Å²) in [5.41, 5.74) is 0.757. The van der Waals surface area contributed by atoms with Crippen molar-refractivity contribution < 1.29 is 9.47 Å². The fourth-order valence-electron chi connectivity index (χ4n) is 5.54. The molecule has 122 valence electrons. The molecule has 2 saturated carbocycles. The van der Waals surface area contributed by atoms with Crippen LogP contribution in [0.3, 0.4) is 0 Å². The maximum absolute atomic E-state index is 6.44. The molecule has 2 heterocycles. The predicted molar refractivity (Wildman–Crippen MR) is 89.9 cm³/mol. The quantitative estimate of drug-likeness (QED) is 0.750. The Labute approximate surface area is 138 Å². The molecule has 0 N–H and O–H groups in total. The summed E-state index contributed by atoms with van der Waals surface area (Å²) >= 11 is 1.83. The van der Waals surface area contributed by atoms with Crippen LogP contribution in [-0.2, 0) is 9.47 Å². The Bertz CT molecular complexity index is 578. The predicted octanol–water partition coefficient (Wildman–Crippen LogP) is 5.32. The molecule has 1 aromatic heterocycles. The van der Waals surface area contributed by atoms with E-state index in [1.807, 2.05) is 11.3 Å². The van der Waals surface area contributed by atoms with Crippen molar-refractivity contribution in [2.45, 2.75) is 72.4 Å². The number of thiophene rings is 1. The molecule has 0 spiro atoms. The first-order valence-electron chi connectivity index (χ1n) is 8.70. The lowest BCUT2D eigenvalue weighted by Crippen LogP contribution is -2.37. The lowest BCUT2D eigenvalue weighted by Gasteiger charge is -2.38. The van der Waals surface area contributed by atoms with Gasteiger partial charge in [0.15, 0.2) is 6.29 Å². The van der Waals surface area contributed by atoms with Gasteiger partial charge in [-0.3, -0.25) is 0 Å². The monoisotopic (exact) mass is 320 g/mol. The Hall–Kier alpha value is -0.380. The molecule has 1 aliphatic heterocycles. The van der Waals surface area contributed by atoms with E-state index >= 15 is 0 Å². The van der Waals surface area contributed by atoms with Crippen LogP contribution >= 0.6 is 11.3 Å². The van der Waals surface area contributed by atoms with Crippen LogP contribution < -0.4 is 0 Å².